The van der Waals surface area contributed by atoms with Gasteiger partial charge < -0.3 is 5.32 Å². The van der Waals surface area contributed by atoms with Crippen LogP contribution in [0.2, 0.25) is 0 Å². The van der Waals surface area contributed by atoms with Gasteiger partial charge in [-0.05, 0) is 5.57 Å². The Morgan fingerprint density at radius 1 is 1.50 bits per heavy atom. The summed E-state index contributed by atoms with van der Waals surface area (Å²) in [7, 11) is 0. The van der Waals surface area contributed by atoms with Crippen molar-refractivity contribution in [2.45, 2.75) is 22.7 Å². The summed E-state index contributed by atoms with van der Waals surface area (Å²) in [4.78, 5) is 20.0. The molecule has 2 unspecified atom stereocenters. The Bertz CT molecular complexity index is 648. The summed E-state index contributed by atoms with van der Waals surface area (Å²) in [5.41, 5.74) is 0.888. The van der Waals surface area contributed by atoms with Gasteiger partial charge in [-0.25, -0.2) is 9.97 Å². The van der Waals surface area contributed by atoms with Crippen molar-refractivity contribution in [3.05, 3.63) is 36.2 Å². The van der Waals surface area contributed by atoms with Gasteiger partial charge in [0, 0.05) is 12.4 Å². The van der Waals surface area contributed by atoms with Crippen LogP contribution in [0.4, 0.5) is 5.82 Å². The number of anilines is 1. The lowest BCUT2D eigenvalue weighted by atomic mass is 9.99. The molecule has 1 aliphatic carbocycles. The minimum Gasteiger partial charge on any atom is -0.360 e. The summed E-state index contributed by atoms with van der Waals surface area (Å²) in [5.74, 6) is 0.469. The van der Waals surface area contributed by atoms with E-state index in [1.54, 1.807) is 30.3 Å². The number of amides is 1. The van der Waals surface area contributed by atoms with Crippen molar-refractivity contribution in [3.63, 3.8) is 0 Å². The van der Waals surface area contributed by atoms with E-state index in [1.165, 1.54) is 0 Å². The second-order valence-electron chi connectivity index (χ2n) is 4.40. The number of nitrogens with one attached hydrogen (secondary N) is 2. The van der Waals surface area contributed by atoms with E-state index >= 15 is 0 Å². The van der Waals surface area contributed by atoms with E-state index in [1.807, 2.05) is 12.2 Å². The summed E-state index contributed by atoms with van der Waals surface area (Å²) in [6, 6.07) is 0.0825. The minimum atomic E-state index is -0.300. The maximum absolute atomic E-state index is 11.4. The van der Waals surface area contributed by atoms with E-state index in [9.17, 15) is 4.79 Å². The quantitative estimate of drug-likeness (QED) is 0.627. The fourth-order valence-corrected chi connectivity index (χ4v) is 3.22. The van der Waals surface area contributed by atoms with Gasteiger partial charge >= 0.3 is 0 Å². The number of nitriles is 1. The molecule has 3 rings (SSSR count). The first-order valence-electron chi connectivity index (χ1n) is 6.07. The molecule has 100 valence electrons. The highest BCUT2D eigenvalue weighted by Gasteiger charge is 2.29. The summed E-state index contributed by atoms with van der Waals surface area (Å²) in [6.07, 6.45) is 11.1. The maximum atomic E-state index is 11.4. The predicted molar refractivity (Wildman–Crippen MR) is 74.7 cm³/mol. The molecule has 2 N–H and O–H groups in total. The van der Waals surface area contributed by atoms with Gasteiger partial charge in [0.05, 0.1) is 17.7 Å². The zero-order valence-corrected chi connectivity index (χ0v) is 11.2. The number of carbonyl (C=O) groups excluding carboxylic acids is 1. The lowest BCUT2D eigenvalue weighted by molar-refractivity contribution is -0.119. The van der Waals surface area contributed by atoms with E-state index in [-0.39, 0.29) is 23.6 Å². The topological polar surface area (TPSA) is 90.7 Å². The van der Waals surface area contributed by atoms with Gasteiger partial charge in [-0.2, -0.15) is 5.26 Å². The smallest absolute Gasteiger partial charge is 0.237 e. The van der Waals surface area contributed by atoms with Crippen molar-refractivity contribution in [2.75, 3.05) is 5.32 Å². The van der Waals surface area contributed by atoms with Crippen LogP contribution in [0.1, 0.15) is 6.42 Å². The molecular formula is C13H11N5OS. The van der Waals surface area contributed by atoms with Crippen LogP contribution in [0.3, 0.4) is 0 Å². The third-order valence-electron chi connectivity index (χ3n) is 3.02. The van der Waals surface area contributed by atoms with Crippen LogP contribution in [-0.2, 0) is 4.79 Å². The Kier molecular flexibility index (Phi) is 3.39. The van der Waals surface area contributed by atoms with Crippen LogP contribution in [0.5, 0.6) is 0 Å². The Morgan fingerprint density at radius 2 is 2.35 bits per heavy atom. The molecule has 1 aromatic heterocycles. The average Bonchev–Trinajstić information content (AvgIpc) is 2.45. The number of thioether (sulfide) groups is 1. The Hall–Kier alpha value is -2.33. The highest BCUT2D eigenvalue weighted by Crippen LogP contribution is 2.37. The second-order valence-corrected chi connectivity index (χ2v) is 5.57. The molecule has 2 heterocycles. The molecule has 0 saturated heterocycles. The van der Waals surface area contributed by atoms with Crippen LogP contribution in [0, 0.1) is 11.5 Å². The molecule has 0 aromatic carbocycles. The molecule has 7 heteroatoms. The van der Waals surface area contributed by atoms with Crippen molar-refractivity contribution in [3.8, 4) is 6.19 Å². The van der Waals surface area contributed by atoms with E-state index in [2.05, 4.69) is 26.7 Å². The van der Waals surface area contributed by atoms with E-state index < -0.39 is 0 Å². The molecule has 0 spiro atoms. The van der Waals surface area contributed by atoms with Gasteiger partial charge in [0.25, 0.3) is 0 Å². The molecule has 1 aliphatic heterocycles. The van der Waals surface area contributed by atoms with Crippen LogP contribution in [0.25, 0.3) is 0 Å². The van der Waals surface area contributed by atoms with Crippen LogP contribution >= 0.6 is 11.8 Å². The van der Waals surface area contributed by atoms with Crippen molar-refractivity contribution in [2.24, 2.45) is 0 Å². The van der Waals surface area contributed by atoms with Crippen molar-refractivity contribution >= 4 is 23.5 Å². The number of carbonyl (C=O) groups is 1. The largest absolute Gasteiger partial charge is 0.360 e. The van der Waals surface area contributed by atoms with Crippen LogP contribution in [0.15, 0.2) is 41.2 Å². The van der Waals surface area contributed by atoms with Gasteiger partial charge in [-0.15, -0.1) is 0 Å². The van der Waals surface area contributed by atoms with E-state index in [0.717, 1.165) is 16.4 Å². The second kappa shape index (κ2) is 5.35. The molecule has 0 fully saturated rings. The third kappa shape index (κ3) is 2.51. The molecule has 0 radical (unpaired) electrons. The minimum absolute atomic E-state index is 0.0825. The van der Waals surface area contributed by atoms with Crippen molar-refractivity contribution in [1.82, 2.24) is 15.3 Å². The van der Waals surface area contributed by atoms with Crippen molar-refractivity contribution in [1.29, 1.82) is 5.26 Å². The summed E-state index contributed by atoms with van der Waals surface area (Å²) in [6.45, 7) is 0. The number of nitrogens with zero attached hydrogens (tertiary/aromatic N) is 3. The number of aromatic nitrogens is 2. The number of fused-ring (bicyclic) bond motifs is 2. The predicted octanol–water partition coefficient (Wildman–Crippen LogP) is 1.21. The van der Waals surface area contributed by atoms with E-state index in [4.69, 9.17) is 5.26 Å². The Labute approximate surface area is 120 Å². The SMILES string of the molecule is N#CNC(=O)CC1=CC2Nc3nccnc3SC2C=C1. The fourth-order valence-electron chi connectivity index (χ4n) is 2.16. The molecule has 1 amide bonds. The molecule has 2 aliphatic rings. The third-order valence-corrected chi connectivity index (χ3v) is 4.27. The summed E-state index contributed by atoms with van der Waals surface area (Å²) in [5, 5.41) is 15.0. The average molecular weight is 285 g/mol. The Morgan fingerprint density at radius 3 is 3.20 bits per heavy atom. The van der Waals surface area contributed by atoms with E-state index in [0.29, 0.717) is 0 Å². The Balaban J connectivity index is 1.76. The molecule has 0 saturated carbocycles. The van der Waals surface area contributed by atoms with Crippen molar-refractivity contribution < 1.29 is 4.79 Å². The number of hydrogen-bond acceptors (Lipinski definition) is 6. The van der Waals surface area contributed by atoms with Crippen LogP contribution in [-0.4, -0.2) is 27.2 Å². The summed E-state index contributed by atoms with van der Waals surface area (Å²) < 4.78 is 0. The molecule has 6 nitrogen and oxygen atoms in total. The molecule has 20 heavy (non-hydrogen) atoms. The molecule has 0 bridgehead atoms. The zero-order valence-electron chi connectivity index (χ0n) is 10.4. The van der Waals surface area contributed by atoms with Crippen LogP contribution < -0.4 is 10.6 Å². The lowest BCUT2D eigenvalue weighted by Gasteiger charge is -2.31. The lowest BCUT2D eigenvalue weighted by Crippen LogP contribution is -2.34. The summed E-state index contributed by atoms with van der Waals surface area (Å²) >= 11 is 1.65. The first-order chi connectivity index (χ1) is 9.76. The number of rotatable bonds is 2. The molecule has 2 atom stereocenters. The van der Waals surface area contributed by atoms with Gasteiger partial charge in [-0.1, -0.05) is 30.0 Å². The molecule has 1 aromatic rings. The van der Waals surface area contributed by atoms with Gasteiger partial charge in [-0.3, -0.25) is 10.1 Å². The van der Waals surface area contributed by atoms with Gasteiger partial charge in [0.2, 0.25) is 5.91 Å². The monoisotopic (exact) mass is 285 g/mol. The molecular weight excluding hydrogens is 274 g/mol. The maximum Gasteiger partial charge on any atom is 0.237 e. The first-order valence-corrected chi connectivity index (χ1v) is 6.95. The van der Waals surface area contributed by atoms with Gasteiger partial charge in [0.1, 0.15) is 5.03 Å². The first kappa shape index (κ1) is 12.7. The van der Waals surface area contributed by atoms with Gasteiger partial charge in [0.15, 0.2) is 12.0 Å². The zero-order chi connectivity index (χ0) is 13.9. The standard InChI is InChI=1S/C13H11N5OS/c14-7-17-11(19)6-8-1-2-10-9(5-8)18-12-13(20-10)16-4-3-15-12/h1-5,9-10H,6H2,(H,15,18)(H,17,19). The fraction of sp³-hybridized carbons (Fsp3) is 0.231. The highest BCUT2D eigenvalue weighted by atomic mass is 32.2. The number of allylic oxidation sites excluding steroid dienone is 1. The number of hydrogen-bond donors (Lipinski definition) is 2. The normalized spacial score (nSPS) is 22.6. The highest BCUT2D eigenvalue weighted by molar-refractivity contribution is 8.00.